The van der Waals surface area contributed by atoms with Gasteiger partial charge in [0, 0.05) is 11.6 Å². The van der Waals surface area contributed by atoms with Crippen LogP contribution in [0.25, 0.3) is 0 Å². The quantitative estimate of drug-likeness (QED) is 0.792. The van der Waals surface area contributed by atoms with Gasteiger partial charge in [0.25, 0.3) is 0 Å². The van der Waals surface area contributed by atoms with E-state index in [2.05, 4.69) is 19.2 Å². The minimum atomic E-state index is -0.381. The van der Waals surface area contributed by atoms with Crippen LogP contribution in [0.15, 0.2) is 18.2 Å². The molecule has 0 amide bonds. The van der Waals surface area contributed by atoms with E-state index in [4.69, 9.17) is 0 Å². The van der Waals surface area contributed by atoms with Gasteiger partial charge in [0.05, 0.1) is 0 Å². The highest BCUT2D eigenvalue weighted by Gasteiger charge is 2.21. The smallest absolute Gasteiger partial charge is 0.128 e. The Hall–Kier alpha value is -0.960. The number of rotatable bonds is 6. The summed E-state index contributed by atoms with van der Waals surface area (Å²) in [6.45, 7) is 6.89. The molecule has 17 heavy (non-hydrogen) atoms. The van der Waals surface area contributed by atoms with Gasteiger partial charge in [-0.1, -0.05) is 27.2 Å². The number of hydrogen-bond acceptors (Lipinski definition) is 1. The summed E-state index contributed by atoms with van der Waals surface area (Å²) in [4.78, 5) is 0. The fraction of sp³-hybridized carbons (Fsp3) is 0.571. The molecule has 0 spiro atoms. The van der Waals surface area contributed by atoms with Crippen LogP contribution in [0.2, 0.25) is 0 Å². The SMILES string of the molecule is CCCC(C)C(NCC)c1cc(F)ccc1F. The fourth-order valence-corrected chi connectivity index (χ4v) is 2.21. The highest BCUT2D eigenvalue weighted by Crippen LogP contribution is 2.28. The first kappa shape index (κ1) is 14.1. The van der Waals surface area contributed by atoms with Crippen molar-refractivity contribution in [1.82, 2.24) is 5.32 Å². The van der Waals surface area contributed by atoms with Crippen LogP contribution < -0.4 is 5.32 Å². The largest absolute Gasteiger partial charge is 0.310 e. The van der Waals surface area contributed by atoms with Crippen molar-refractivity contribution in [3.63, 3.8) is 0 Å². The third-order valence-corrected chi connectivity index (χ3v) is 3.03. The molecule has 0 fully saturated rings. The minimum Gasteiger partial charge on any atom is -0.310 e. The van der Waals surface area contributed by atoms with Gasteiger partial charge in [-0.05, 0) is 37.1 Å². The zero-order valence-corrected chi connectivity index (χ0v) is 10.8. The van der Waals surface area contributed by atoms with Crippen molar-refractivity contribution >= 4 is 0 Å². The molecule has 1 aromatic rings. The van der Waals surface area contributed by atoms with E-state index in [-0.39, 0.29) is 23.6 Å². The summed E-state index contributed by atoms with van der Waals surface area (Å²) in [5, 5.41) is 3.24. The number of benzene rings is 1. The molecule has 3 heteroatoms. The Bertz CT molecular complexity index is 352. The van der Waals surface area contributed by atoms with Crippen molar-refractivity contribution in [3.8, 4) is 0 Å². The Labute approximate surface area is 102 Å². The molecule has 0 aromatic heterocycles. The van der Waals surface area contributed by atoms with Gasteiger partial charge in [-0.2, -0.15) is 0 Å². The summed E-state index contributed by atoms with van der Waals surface area (Å²) < 4.78 is 26.9. The molecule has 96 valence electrons. The average molecular weight is 241 g/mol. The molecule has 1 nitrogen and oxygen atoms in total. The first-order valence-electron chi connectivity index (χ1n) is 6.28. The molecule has 2 atom stereocenters. The first-order chi connectivity index (χ1) is 8.10. The monoisotopic (exact) mass is 241 g/mol. The van der Waals surface area contributed by atoms with E-state index in [1.807, 2.05) is 6.92 Å². The highest BCUT2D eigenvalue weighted by molar-refractivity contribution is 5.23. The average Bonchev–Trinajstić information content (AvgIpc) is 2.30. The fourth-order valence-electron chi connectivity index (χ4n) is 2.21. The molecule has 1 aromatic carbocycles. The molecule has 1 N–H and O–H groups in total. The second-order valence-electron chi connectivity index (χ2n) is 4.47. The molecule has 0 aliphatic rings. The predicted molar refractivity (Wildman–Crippen MR) is 66.8 cm³/mol. The summed E-state index contributed by atoms with van der Waals surface area (Å²) in [7, 11) is 0. The second kappa shape index (κ2) is 6.70. The molecule has 0 saturated heterocycles. The first-order valence-corrected chi connectivity index (χ1v) is 6.28. The molecule has 0 bridgehead atoms. The molecule has 0 aliphatic carbocycles. The van der Waals surface area contributed by atoms with Crippen LogP contribution in [0, 0.1) is 17.6 Å². The van der Waals surface area contributed by atoms with Crippen LogP contribution in [-0.4, -0.2) is 6.54 Å². The summed E-state index contributed by atoms with van der Waals surface area (Å²) in [5.74, 6) is -0.426. The topological polar surface area (TPSA) is 12.0 Å². The molecule has 1 rings (SSSR count). The maximum absolute atomic E-state index is 13.7. The second-order valence-corrected chi connectivity index (χ2v) is 4.47. The standard InChI is InChI=1S/C14H21F2N/c1-4-6-10(3)14(17-5-2)12-9-11(15)7-8-13(12)16/h7-10,14,17H,4-6H2,1-3H3. The molecular weight excluding hydrogens is 220 g/mol. The van der Waals surface area contributed by atoms with E-state index < -0.39 is 0 Å². The van der Waals surface area contributed by atoms with E-state index in [1.54, 1.807) is 0 Å². The zero-order chi connectivity index (χ0) is 12.8. The third-order valence-electron chi connectivity index (χ3n) is 3.03. The highest BCUT2D eigenvalue weighted by atomic mass is 19.1. The lowest BCUT2D eigenvalue weighted by Crippen LogP contribution is -2.27. The van der Waals surface area contributed by atoms with E-state index in [9.17, 15) is 8.78 Å². The normalized spacial score (nSPS) is 14.6. The Morgan fingerprint density at radius 2 is 1.94 bits per heavy atom. The van der Waals surface area contributed by atoms with E-state index >= 15 is 0 Å². The molecule has 0 radical (unpaired) electrons. The molecule has 0 heterocycles. The van der Waals surface area contributed by atoms with Crippen molar-refractivity contribution < 1.29 is 8.78 Å². The van der Waals surface area contributed by atoms with Gasteiger partial charge in [-0.3, -0.25) is 0 Å². The van der Waals surface area contributed by atoms with Crippen LogP contribution in [0.4, 0.5) is 8.78 Å². The summed E-state index contributed by atoms with van der Waals surface area (Å²) in [5.41, 5.74) is 0.438. The van der Waals surface area contributed by atoms with Crippen LogP contribution >= 0.6 is 0 Å². The Balaban J connectivity index is 2.99. The zero-order valence-electron chi connectivity index (χ0n) is 10.8. The minimum absolute atomic E-state index is 0.115. The predicted octanol–water partition coefficient (Wildman–Crippen LogP) is 4.05. The van der Waals surface area contributed by atoms with Crippen LogP contribution in [-0.2, 0) is 0 Å². The lowest BCUT2D eigenvalue weighted by Gasteiger charge is -2.25. The maximum Gasteiger partial charge on any atom is 0.128 e. The Morgan fingerprint density at radius 1 is 1.24 bits per heavy atom. The van der Waals surface area contributed by atoms with Crippen molar-refractivity contribution in [1.29, 1.82) is 0 Å². The number of hydrogen-bond donors (Lipinski definition) is 1. The Kier molecular flexibility index (Phi) is 5.56. The van der Waals surface area contributed by atoms with Gasteiger partial charge >= 0.3 is 0 Å². The summed E-state index contributed by atoms with van der Waals surface area (Å²) in [6.07, 6.45) is 2.04. The van der Waals surface area contributed by atoms with Gasteiger partial charge in [-0.25, -0.2) is 8.78 Å². The summed E-state index contributed by atoms with van der Waals surface area (Å²) in [6, 6.07) is 3.55. The van der Waals surface area contributed by atoms with E-state index in [1.165, 1.54) is 12.1 Å². The third kappa shape index (κ3) is 3.77. The number of nitrogens with one attached hydrogen (secondary N) is 1. The maximum atomic E-state index is 13.7. The van der Waals surface area contributed by atoms with Crippen molar-refractivity contribution in [2.24, 2.45) is 5.92 Å². The van der Waals surface area contributed by atoms with Gasteiger partial charge in [0.2, 0.25) is 0 Å². The van der Waals surface area contributed by atoms with Crippen molar-refractivity contribution in [3.05, 3.63) is 35.4 Å². The van der Waals surface area contributed by atoms with Gasteiger partial charge in [0.1, 0.15) is 11.6 Å². The molecule has 0 aliphatic heterocycles. The Morgan fingerprint density at radius 3 is 2.53 bits per heavy atom. The lowest BCUT2D eigenvalue weighted by atomic mass is 9.90. The van der Waals surface area contributed by atoms with E-state index in [0.29, 0.717) is 5.56 Å². The van der Waals surface area contributed by atoms with Crippen LogP contribution in [0.1, 0.15) is 45.2 Å². The molecule has 2 unspecified atom stereocenters. The van der Waals surface area contributed by atoms with Gasteiger partial charge in [-0.15, -0.1) is 0 Å². The molecule has 0 saturated carbocycles. The van der Waals surface area contributed by atoms with Crippen molar-refractivity contribution in [2.75, 3.05) is 6.54 Å². The lowest BCUT2D eigenvalue weighted by molar-refractivity contribution is 0.357. The van der Waals surface area contributed by atoms with Crippen LogP contribution in [0.5, 0.6) is 0 Å². The number of halogens is 2. The molecular formula is C14H21F2N. The van der Waals surface area contributed by atoms with Crippen LogP contribution in [0.3, 0.4) is 0 Å². The summed E-state index contributed by atoms with van der Waals surface area (Å²) >= 11 is 0. The van der Waals surface area contributed by atoms with Gasteiger partial charge in [0.15, 0.2) is 0 Å². The van der Waals surface area contributed by atoms with Gasteiger partial charge < -0.3 is 5.32 Å². The van der Waals surface area contributed by atoms with Crippen molar-refractivity contribution in [2.45, 2.75) is 39.7 Å². The van der Waals surface area contributed by atoms with E-state index in [0.717, 1.165) is 25.5 Å².